The summed E-state index contributed by atoms with van der Waals surface area (Å²) in [5.74, 6) is 0.820. The van der Waals surface area contributed by atoms with E-state index in [-0.39, 0.29) is 18.3 Å². The predicted octanol–water partition coefficient (Wildman–Crippen LogP) is 4.20. The minimum absolute atomic E-state index is 0.0487. The van der Waals surface area contributed by atoms with E-state index < -0.39 is 0 Å². The Kier molecular flexibility index (Phi) is 4.87. The Hall–Kier alpha value is -0.580. The molecule has 0 radical (unpaired) electrons. The van der Waals surface area contributed by atoms with E-state index in [0.29, 0.717) is 6.61 Å². The zero-order valence-electron chi connectivity index (χ0n) is 12.3. The van der Waals surface area contributed by atoms with Crippen molar-refractivity contribution in [3.63, 3.8) is 0 Å². The normalized spacial score (nSPS) is 24.4. The summed E-state index contributed by atoms with van der Waals surface area (Å²) < 4.78 is 13.1. The highest BCUT2D eigenvalue weighted by Crippen LogP contribution is 2.42. The first-order valence-corrected chi connectivity index (χ1v) is 8.70. The first kappa shape index (κ1) is 15.3. The lowest BCUT2D eigenvalue weighted by Crippen LogP contribution is -2.32. The van der Waals surface area contributed by atoms with Gasteiger partial charge in [-0.2, -0.15) is 0 Å². The van der Waals surface area contributed by atoms with E-state index in [0.717, 1.165) is 22.2 Å². The maximum Gasteiger partial charge on any atom is 0.133 e. The average Bonchev–Trinajstić information content (AvgIpc) is 2.89. The molecule has 1 spiro atoms. The van der Waals surface area contributed by atoms with Crippen molar-refractivity contribution in [3.8, 4) is 5.75 Å². The molecule has 1 saturated carbocycles. The minimum atomic E-state index is 0.0487. The van der Waals surface area contributed by atoms with Gasteiger partial charge < -0.3 is 14.6 Å². The van der Waals surface area contributed by atoms with Gasteiger partial charge in [0.1, 0.15) is 12.4 Å². The van der Waals surface area contributed by atoms with Crippen LogP contribution in [-0.4, -0.2) is 23.4 Å². The molecule has 4 heteroatoms. The lowest BCUT2D eigenvalue weighted by atomic mass is 9.83. The lowest BCUT2D eigenvalue weighted by molar-refractivity contribution is -0.0749. The predicted molar refractivity (Wildman–Crippen MR) is 85.5 cm³/mol. The van der Waals surface area contributed by atoms with Gasteiger partial charge in [0, 0.05) is 0 Å². The Bertz CT molecular complexity index is 483. The highest BCUT2D eigenvalue weighted by Gasteiger charge is 2.40. The van der Waals surface area contributed by atoms with Gasteiger partial charge in [-0.3, -0.25) is 0 Å². The number of aliphatic hydroxyl groups excluding tert-OH is 1. The fourth-order valence-electron chi connectivity index (χ4n) is 3.52. The molecule has 1 aliphatic carbocycles. The van der Waals surface area contributed by atoms with E-state index in [1.807, 2.05) is 18.2 Å². The van der Waals surface area contributed by atoms with Gasteiger partial charge in [0.2, 0.25) is 0 Å². The summed E-state index contributed by atoms with van der Waals surface area (Å²) in [6, 6.07) is 5.69. The van der Waals surface area contributed by atoms with Crippen molar-refractivity contribution in [1.82, 2.24) is 0 Å². The van der Waals surface area contributed by atoms with Crippen molar-refractivity contribution < 1.29 is 14.6 Å². The molecule has 1 aromatic carbocycles. The molecule has 3 rings (SSSR count). The van der Waals surface area contributed by atoms with Crippen molar-refractivity contribution >= 4 is 15.9 Å². The molecule has 1 aliphatic heterocycles. The lowest BCUT2D eigenvalue weighted by Gasteiger charge is -2.33. The van der Waals surface area contributed by atoms with Gasteiger partial charge >= 0.3 is 0 Å². The van der Waals surface area contributed by atoms with Gasteiger partial charge in [-0.1, -0.05) is 25.3 Å². The second-order valence-electron chi connectivity index (χ2n) is 6.26. The number of rotatable bonds is 4. The average molecular weight is 355 g/mol. The van der Waals surface area contributed by atoms with Crippen LogP contribution in [0.25, 0.3) is 0 Å². The maximum atomic E-state index is 9.11. The van der Waals surface area contributed by atoms with Crippen LogP contribution in [0.2, 0.25) is 0 Å². The third-order valence-corrected chi connectivity index (χ3v) is 5.33. The molecule has 3 nitrogen and oxygen atoms in total. The fraction of sp³-hybridized carbons (Fsp3) is 0.647. The summed E-state index contributed by atoms with van der Waals surface area (Å²) in [5.41, 5.74) is 1.04. The van der Waals surface area contributed by atoms with E-state index in [1.165, 1.54) is 38.5 Å². The number of aliphatic hydroxyl groups is 1. The maximum absolute atomic E-state index is 9.11. The fourth-order valence-corrected chi connectivity index (χ4v) is 4.06. The second-order valence-corrected chi connectivity index (χ2v) is 7.11. The van der Waals surface area contributed by atoms with Crippen LogP contribution in [0.5, 0.6) is 5.75 Å². The summed E-state index contributed by atoms with van der Waals surface area (Å²) >= 11 is 3.49. The van der Waals surface area contributed by atoms with Gasteiger partial charge in [-0.25, -0.2) is 0 Å². The third-order valence-electron chi connectivity index (χ3n) is 4.71. The minimum Gasteiger partial charge on any atom is -0.490 e. The summed E-state index contributed by atoms with van der Waals surface area (Å²) in [5, 5.41) is 9.11. The number of ether oxygens (including phenoxy) is 2. The Morgan fingerprint density at radius 2 is 2.05 bits per heavy atom. The van der Waals surface area contributed by atoms with Crippen molar-refractivity contribution in [2.24, 2.45) is 0 Å². The molecular formula is C17H23BrO3. The SMILES string of the molecule is OCc1ccc(OCC2CCC3(CCCCC3)O2)c(Br)c1. The van der Waals surface area contributed by atoms with Crippen LogP contribution in [0.3, 0.4) is 0 Å². The smallest absolute Gasteiger partial charge is 0.133 e. The number of halogens is 1. The van der Waals surface area contributed by atoms with Crippen molar-refractivity contribution in [2.75, 3.05) is 6.61 Å². The summed E-state index contributed by atoms with van der Waals surface area (Å²) in [6.07, 6.45) is 8.92. The Morgan fingerprint density at radius 3 is 2.76 bits per heavy atom. The van der Waals surface area contributed by atoms with E-state index in [2.05, 4.69) is 15.9 Å². The molecule has 0 amide bonds. The van der Waals surface area contributed by atoms with Crippen LogP contribution in [0, 0.1) is 0 Å². The molecule has 21 heavy (non-hydrogen) atoms. The Labute approximate surface area is 134 Å². The third kappa shape index (κ3) is 3.61. The van der Waals surface area contributed by atoms with E-state index in [4.69, 9.17) is 14.6 Å². The van der Waals surface area contributed by atoms with Crippen LogP contribution >= 0.6 is 15.9 Å². The standard InChI is InChI=1S/C17H23BrO3/c18-15-10-13(11-19)4-5-16(15)20-12-14-6-9-17(21-14)7-2-1-3-8-17/h4-5,10,14,19H,1-3,6-9,11-12H2. The van der Waals surface area contributed by atoms with Gasteiger partial charge in [0.05, 0.1) is 22.8 Å². The number of hydrogen-bond acceptors (Lipinski definition) is 3. The summed E-state index contributed by atoms with van der Waals surface area (Å²) in [6.45, 7) is 0.659. The molecule has 1 atom stereocenters. The molecule has 2 aliphatic rings. The van der Waals surface area contributed by atoms with E-state index in [9.17, 15) is 0 Å². The quantitative estimate of drug-likeness (QED) is 0.880. The van der Waals surface area contributed by atoms with Crippen molar-refractivity contribution in [2.45, 2.75) is 63.3 Å². The van der Waals surface area contributed by atoms with Gasteiger partial charge in [-0.15, -0.1) is 0 Å². The second kappa shape index (κ2) is 6.67. The van der Waals surface area contributed by atoms with Gasteiger partial charge in [-0.05, 0) is 59.3 Å². The first-order valence-electron chi connectivity index (χ1n) is 7.91. The largest absolute Gasteiger partial charge is 0.490 e. The van der Waals surface area contributed by atoms with Crippen LogP contribution in [0.15, 0.2) is 22.7 Å². The monoisotopic (exact) mass is 354 g/mol. The highest BCUT2D eigenvalue weighted by atomic mass is 79.9. The summed E-state index contributed by atoms with van der Waals surface area (Å²) in [4.78, 5) is 0. The molecule has 1 heterocycles. The topological polar surface area (TPSA) is 38.7 Å². The molecule has 0 bridgehead atoms. The zero-order chi connectivity index (χ0) is 14.7. The Morgan fingerprint density at radius 1 is 1.24 bits per heavy atom. The molecule has 1 aromatic rings. The summed E-state index contributed by atoms with van der Waals surface area (Å²) in [7, 11) is 0. The van der Waals surface area contributed by atoms with Gasteiger partial charge in [0.15, 0.2) is 0 Å². The molecule has 1 N–H and O–H groups in total. The van der Waals surface area contributed by atoms with E-state index in [1.54, 1.807) is 0 Å². The highest BCUT2D eigenvalue weighted by molar-refractivity contribution is 9.10. The van der Waals surface area contributed by atoms with Gasteiger partial charge in [0.25, 0.3) is 0 Å². The number of benzene rings is 1. The molecule has 0 aromatic heterocycles. The molecule has 2 fully saturated rings. The van der Waals surface area contributed by atoms with Crippen molar-refractivity contribution in [3.05, 3.63) is 28.2 Å². The number of hydrogen-bond donors (Lipinski definition) is 1. The van der Waals surface area contributed by atoms with Crippen LogP contribution < -0.4 is 4.74 Å². The molecular weight excluding hydrogens is 332 g/mol. The van der Waals surface area contributed by atoms with Crippen molar-refractivity contribution in [1.29, 1.82) is 0 Å². The van der Waals surface area contributed by atoms with Crippen LogP contribution in [-0.2, 0) is 11.3 Å². The van der Waals surface area contributed by atoms with E-state index >= 15 is 0 Å². The zero-order valence-corrected chi connectivity index (χ0v) is 13.9. The molecule has 116 valence electrons. The first-order chi connectivity index (χ1) is 10.2. The molecule has 1 unspecified atom stereocenters. The Balaban J connectivity index is 1.54. The van der Waals surface area contributed by atoms with Crippen LogP contribution in [0.1, 0.15) is 50.5 Å². The molecule has 1 saturated heterocycles. The van der Waals surface area contributed by atoms with Crippen LogP contribution in [0.4, 0.5) is 0 Å².